The number of hydrogen-bond donors (Lipinski definition) is 2. The average Bonchev–Trinajstić information content (AvgIpc) is 3.14. The van der Waals surface area contributed by atoms with Crippen LogP contribution in [-0.2, 0) is 4.79 Å². The van der Waals surface area contributed by atoms with Gasteiger partial charge in [-0.05, 0) is 61.0 Å². The summed E-state index contributed by atoms with van der Waals surface area (Å²) in [5, 5.41) is 22.8. The summed E-state index contributed by atoms with van der Waals surface area (Å²) in [7, 11) is 0. The molecule has 1 aliphatic heterocycles. The number of aliphatic hydroxyl groups is 2. The third-order valence-corrected chi connectivity index (χ3v) is 10.4. The Morgan fingerprint density at radius 3 is 2.81 bits per heavy atom. The molecule has 4 heteroatoms. The second-order valence-electron chi connectivity index (χ2n) is 10.7. The Kier molecular flexibility index (Phi) is 2.80. The van der Waals surface area contributed by atoms with Crippen LogP contribution in [-0.4, -0.2) is 52.2 Å². The molecule has 1 heterocycles. The molecule has 142 valence electrons. The molecule has 0 aromatic heterocycles. The molecule has 4 nitrogen and oxygen atoms in total. The lowest BCUT2D eigenvalue weighted by Gasteiger charge is -2.65. The molecule has 0 aromatic rings. The lowest BCUT2D eigenvalue weighted by molar-refractivity contribution is -0.211. The Bertz CT molecular complexity index is 735. The van der Waals surface area contributed by atoms with E-state index < -0.39 is 6.10 Å². The fourth-order valence-corrected chi connectivity index (χ4v) is 9.75. The van der Waals surface area contributed by atoms with Crippen LogP contribution in [0.15, 0.2) is 12.2 Å². The Morgan fingerprint density at radius 2 is 2.08 bits per heavy atom. The van der Waals surface area contributed by atoms with E-state index in [0.717, 1.165) is 44.3 Å². The van der Waals surface area contributed by atoms with Crippen LogP contribution >= 0.6 is 0 Å². The summed E-state index contributed by atoms with van der Waals surface area (Å²) in [5.41, 5.74) is 0.598. The van der Waals surface area contributed by atoms with E-state index in [0.29, 0.717) is 24.3 Å². The maximum Gasteiger partial charge on any atom is 0.140 e. The van der Waals surface area contributed by atoms with Crippen LogP contribution in [0, 0.1) is 39.9 Å². The second-order valence-corrected chi connectivity index (χ2v) is 10.7. The highest BCUT2D eigenvalue weighted by Crippen LogP contribution is 2.83. The maximum absolute atomic E-state index is 13.0. The van der Waals surface area contributed by atoms with E-state index in [2.05, 4.69) is 25.3 Å². The molecule has 26 heavy (non-hydrogen) atoms. The number of ketones is 1. The number of piperidine rings is 1. The minimum atomic E-state index is -0.561. The molecular formula is C22H31NO3. The molecule has 7 bridgehead atoms. The van der Waals surface area contributed by atoms with E-state index in [1.54, 1.807) is 0 Å². The van der Waals surface area contributed by atoms with Gasteiger partial charge in [0.15, 0.2) is 0 Å². The van der Waals surface area contributed by atoms with Crippen LogP contribution < -0.4 is 0 Å². The molecule has 6 rings (SSSR count). The number of fused-ring (bicyclic) bond motifs is 1. The van der Waals surface area contributed by atoms with Crippen molar-refractivity contribution in [3.05, 3.63) is 12.2 Å². The minimum absolute atomic E-state index is 0.130. The standard InChI is InChI=1S/C22H31NO3/c1-4-23-10-20(3)6-5-17(25)22-15(20)7-13(18(22)23)21-9-12(11(2)19(21)26)14(24)8-16(21)22/h12-13,15-19,25-26H,2,4-10H2,1,3H3/t12-,13-,15?,16?,17?,18+,19-,20+,21+,22?/m1/s1. The summed E-state index contributed by atoms with van der Waals surface area (Å²) in [6, 6.07) is 0.331. The van der Waals surface area contributed by atoms with E-state index >= 15 is 0 Å². The lowest BCUT2D eigenvalue weighted by atomic mass is 9.43. The molecule has 5 aliphatic carbocycles. The third kappa shape index (κ3) is 1.33. The molecule has 5 saturated carbocycles. The van der Waals surface area contributed by atoms with E-state index in [4.69, 9.17) is 0 Å². The molecule has 10 atom stereocenters. The van der Waals surface area contributed by atoms with Gasteiger partial charge in [0.1, 0.15) is 5.78 Å². The fourth-order valence-electron chi connectivity index (χ4n) is 9.75. The van der Waals surface area contributed by atoms with Gasteiger partial charge in [-0.25, -0.2) is 0 Å². The summed E-state index contributed by atoms with van der Waals surface area (Å²) in [4.78, 5) is 15.6. The van der Waals surface area contributed by atoms with Crippen LogP contribution in [0.3, 0.4) is 0 Å². The summed E-state index contributed by atoms with van der Waals surface area (Å²) in [6.07, 6.45) is 3.50. The monoisotopic (exact) mass is 357 g/mol. The van der Waals surface area contributed by atoms with Gasteiger partial charge in [0.25, 0.3) is 0 Å². The first-order valence-electron chi connectivity index (χ1n) is 10.6. The zero-order valence-corrected chi connectivity index (χ0v) is 15.9. The van der Waals surface area contributed by atoms with E-state index in [9.17, 15) is 15.0 Å². The highest BCUT2D eigenvalue weighted by Gasteiger charge is 2.85. The van der Waals surface area contributed by atoms with Crippen LogP contribution in [0.1, 0.15) is 46.0 Å². The summed E-state index contributed by atoms with van der Waals surface area (Å²) in [6.45, 7) is 10.9. The van der Waals surface area contributed by atoms with Gasteiger partial charge < -0.3 is 10.2 Å². The van der Waals surface area contributed by atoms with Gasteiger partial charge in [0.2, 0.25) is 0 Å². The largest absolute Gasteiger partial charge is 0.392 e. The summed E-state index contributed by atoms with van der Waals surface area (Å²) in [5.74, 6) is 1.16. The predicted molar refractivity (Wildman–Crippen MR) is 97.2 cm³/mol. The first-order chi connectivity index (χ1) is 12.3. The Balaban J connectivity index is 1.62. The summed E-state index contributed by atoms with van der Waals surface area (Å²) >= 11 is 0. The smallest absolute Gasteiger partial charge is 0.140 e. The number of carbonyl (C=O) groups excluding carboxylic acids is 1. The molecule has 0 radical (unpaired) electrons. The molecule has 1 saturated heterocycles. The van der Waals surface area contributed by atoms with Crippen molar-refractivity contribution in [2.24, 2.45) is 39.9 Å². The van der Waals surface area contributed by atoms with E-state index in [1.807, 2.05) is 0 Å². The quantitative estimate of drug-likeness (QED) is 0.705. The van der Waals surface area contributed by atoms with Gasteiger partial charge >= 0.3 is 0 Å². The normalized spacial score (nSPS) is 62.7. The summed E-state index contributed by atoms with van der Waals surface area (Å²) < 4.78 is 0. The van der Waals surface area contributed by atoms with Crippen molar-refractivity contribution < 1.29 is 15.0 Å². The van der Waals surface area contributed by atoms with E-state index in [1.165, 1.54) is 0 Å². The van der Waals surface area contributed by atoms with Crippen LogP contribution in [0.25, 0.3) is 0 Å². The third-order valence-electron chi connectivity index (χ3n) is 10.4. The minimum Gasteiger partial charge on any atom is -0.392 e. The second kappa shape index (κ2) is 4.47. The van der Waals surface area contributed by atoms with Crippen molar-refractivity contribution in [3.63, 3.8) is 0 Å². The average molecular weight is 357 g/mol. The predicted octanol–water partition coefficient (Wildman–Crippen LogP) is 2.00. The molecular weight excluding hydrogens is 326 g/mol. The van der Waals surface area contributed by atoms with Crippen LogP contribution in [0.2, 0.25) is 0 Å². The maximum atomic E-state index is 13.0. The zero-order chi connectivity index (χ0) is 18.2. The highest BCUT2D eigenvalue weighted by molar-refractivity contribution is 5.87. The number of nitrogens with zero attached hydrogens (tertiary/aromatic N) is 1. The first kappa shape index (κ1) is 16.3. The van der Waals surface area contributed by atoms with Crippen LogP contribution in [0.4, 0.5) is 0 Å². The number of hydrogen-bond acceptors (Lipinski definition) is 4. The molecule has 0 amide bonds. The van der Waals surface area contributed by atoms with Gasteiger partial charge in [0, 0.05) is 35.8 Å². The van der Waals surface area contributed by atoms with Gasteiger partial charge in [-0.15, -0.1) is 0 Å². The lowest BCUT2D eigenvalue weighted by Crippen LogP contribution is -2.68. The Hall–Kier alpha value is -0.710. The number of carbonyl (C=O) groups is 1. The number of rotatable bonds is 1. The molecule has 0 aromatic carbocycles. The van der Waals surface area contributed by atoms with Crippen molar-refractivity contribution in [1.29, 1.82) is 0 Å². The van der Waals surface area contributed by atoms with Crippen molar-refractivity contribution in [2.45, 2.75) is 64.2 Å². The van der Waals surface area contributed by atoms with Crippen molar-refractivity contribution in [1.82, 2.24) is 4.90 Å². The van der Waals surface area contributed by atoms with Gasteiger partial charge in [-0.1, -0.05) is 20.4 Å². The molecule has 6 fully saturated rings. The van der Waals surface area contributed by atoms with Crippen molar-refractivity contribution in [3.8, 4) is 0 Å². The van der Waals surface area contributed by atoms with Gasteiger partial charge in [0.05, 0.1) is 12.2 Å². The molecule has 4 unspecified atom stereocenters. The van der Waals surface area contributed by atoms with Crippen molar-refractivity contribution in [2.75, 3.05) is 13.1 Å². The molecule has 2 N–H and O–H groups in total. The Labute approximate surface area is 155 Å². The number of likely N-dealkylation sites (tertiary alicyclic amines) is 1. The first-order valence-corrected chi connectivity index (χ1v) is 10.6. The van der Waals surface area contributed by atoms with Gasteiger partial charge in [-0.2, -0.15) is 0 Å². The molecule has 6 aliphatic rings. The number of Topliss-reactive ketones (excluding diaryl/α,β-unsaturated/α-hetero) is 1. The van der Waals surface area contributed by atoms with Crippen LogP contribution in [0.5, 0.6) is 0 Å². The van der Waals surface area contributed by atoms with E-state index in [-0.39, 0.29) is 40.0 Å². The topological polar surface area (TPSA) is 60.8 Å². The highest BCUT2D eigenvalue weighted by atomic mass is 16.3. The number of aliphatic hydroxyl groups excluding tert-OH is 2. The molecule has 2 spiro atoms. The fraction of sp³-hybridized carbons (Fsp3) is 0.864. The zero-order valence-electron chi connectivity index (χ0n) is 15.9. The Morgan fingerprint density at radius 1 is 1.31 bits per heavy atom. The van der Waals surface area contributed by atoms with Gasteiger partial charge in [-0.3, -0.25) is 9.69 Å². The van der Waals surface area contributed by atoms with Crippen molar-refractivity contribution >= 4 is 5.78 Å². The SMILES string of the molecule is C=C1[C@H]2C[C@]3(C(CC2=O)C24C(O)CC[C@@]5(C)CN(CC)[C@H]2[C@H]3CC45)[C@@H]1O.